The summed E-state index contributed by atoms with van der Waals surface area (Å²) >= 11 is 0. The summed E-state index contributed by atoms with van der Waals surface area (Å²) in [6.07, 6.45) is 2.02. The normalized spacial score (nSPS) is 20.4. The lowest BCUT2D eigenvalue weighted by Crippen LogP contribution is -2.45. The molecule has 2 aromatic carbocycles. The van der Waals surface area contributed by atoms with E-state index < -0.39 is 11.9 Å². The van der Waals surface area contributed by atoms with Crippen LogP contribution in [0.25, 0.3) is 0 Å². The zero-order valence-corrected chi connectivity index (χ0v) is 24.2. The molecule has 0 spiro atoms. The zero-order chi connectivity index (χ0) is 28.8. The Bertz CT molecular complexity index is 1370. The van der Waals surface area contributed by atoms with E-state index >= 15 is 0 Å². The Balaban J connectivity index is 1.61. The van der Waals surface area contributed by atoms with E-state index in [2.05, 4.69) is 39.8 Å². The van der Waals surface area contributed by atoms with Crippen LogP contribution in [0.15, 0.2) is 71.1 Å². The third-order valence-electron chi connectivity index (χ3n) is 8.29. The maximum Gasteiger partial charge on any atom is 0.305 e. The van der Waals surface area contributed by atoms with Crippen molar-refractivity contribution in [2.75, 3.05) is 6.54 Å². The Morgan fingerprint density at radius 2 is 1.48 bits per heavy atom. The number of rotatable bonds is 7. The summed E-state index contributed by atoms with van der Waals surface area (Å²) in [4.78, 5) is 41.4. The van der Waals surface area contributed by atoms with Crippen molar-refractivity contribution in [2.24, 2.45) is 10.8 Å². The number of nitrogens with zero attached hydrogens (tertiary/aromatic N) is 1. The number of allylic oxidation sites excluding steroid dienone is 4. The molecule has 1 heterocycles. The quantitative estimate of drug-likeness (QED) is 0.418. The third-order valence-corrected chi connectivity index (χ3v) is 8.29. The van der Waals surface area contributed by atoms with Gasteiger partial charge in [0.1, 0.15) is 12.4 Å². The molecule has 3 aliphatic rings. The lowest BCUT2D eigenvalue weighted by molar-refractivity contribution is -0.137. The Labute approximate surface area is 236 Å². The molecule has 0 aromatic heterocycles. The molecule has 0 atom stereocenters. The lowest BCUT2D eigenvalue weighted by Gasteiger charge is -2.49. The second-order valence-corrected chi connectivity index (χ2v) is 13.2. The molecule has 0 amide bonds. The fraction of sp³-hybridized carbons (Fsp3) is 0.441. The zero-order valence-electron chi connectivity index (χ0n) is 24.2. The number of ether oxygens (including phenoxy) is 1. The first kappa shape index (κ1) is 27.9. The summed E-state index contributed by atoms with van der Waals surface area (Å²) in [6, 6.07) is 16.0. The van der Waals surface area contributed by atoms with E-state index in [0.29, 0.717) is 49.2 Å². The Morgan fingerprint density at radius 1 is 0.900 bits per heavy atom. The molecule has 210 valence electrons. The minimum Gasteiger partial charge on any atom is -0.489 e. The van der Waals surface area contributed by atoms with Crippen LogP contribution in [0.1, 0.15) is 82.4 Å². The number of carbonyl (C=O) groups is 3. The first-order valence-corrected chi connectivity index (χ1v) is 14.1. The van der Waals surface area contributed by atoms with Gasteiger partial charge in [-0.2, -0.15) is 0 Å². The Kier molecular flexibility index (Phi) is 7.24. The van der Waals surface area contributed by atoms with Crippen LogP contribution in [0.4, 0.5) is 0 Å². The van der Waals surface area contributed by atoms with Crippen LogP contribution in [0.5, 0.6) is 5.75 Å². The molecule has 1 aliphatic heterocycles. The summed E-state index contributed by atoms with van der Waals surface area (Å²) in [5.74, 6) is -0.629. The highest BCUT2D eigenvalue weighted by molar-refractivity contribution is 6.06. The molecular weight excluding hydrogens is 502 g/mol. The summed E-state index contributed by atoms with van der Waals surface area (Å²) in [5.41, 5.74) is 5.65. The van der Waals surface area contributed by atoms with Crippen LogP contribution in [-0.4, -0.2) is 34.1 Å². The molecule has 40 heavy (non-hydrogen) atoms. The number of hydrogen-bond donors (Lipinski definition) is 1. The number of carboxylic acid groups (broad SMARTS) is 1. The van der Waals surface area contributed by atoms with E-state index in [0.717, 1.165) is 22.5 Å². The summed E-state index contributed by atoms with van der Waals surface area (Å²) in [6.45, 7) is 11.0. The molecule has 0 saturated carbocycles. The molecule has 2 aliphatic carbocycles. The first-order chi connectivity index (χ1) is 18.8. The predicted molar refractivity (Wildman–Crippen MR) is 154 cm³/mol. The van der Waals surface area contributed by atoms with Crippen molar-refractivity contribution in [3.63, 3.8) is 0 Å². The number of aliphatic carboxylic acids is 1. The molecule has 0 bridgehead atoms. The minimum atomic E-state index is -0.896. The number of hydrogen-bond acceptors (Lipinski definition) is 5. The lowest BCUT2D eigenvalue weighted by atomic mass is 9.63. The Morgan fingerprint density at radius 3 is 2.02 bits per heavy atom. The maximum atomic E-state index is 13.9. The van der Waals surface area contributed by atoms with Crippen molar-refractivity contribution in [3.05, 3.63) is 87.8 Å². The maximum absolute atomic E-state index is 13.9. The van der Waals surface area contributed by atoms with E-state index in [9.17, 15) is 19.5 Å². The number of benzene rings is 2. The molecular formula is C34H39NO5. The van der Waals surface area contributed by atoms with E-state index in [1.54, 1.807) is 0 Å². The largest absolute Gasteiger partial charge is 0.489 e. The van der Waals surface area contributed by atoms with Gasteiger partial charge in [-0.1, -0.05) is 69.7 Å². The molecule has 6 nitrogen and oxygen atoms in total. The molecule has 0 saturated heterocycles. The molecule has 0 fully saturated rings. The predicted octanol–water partition coefficient (Wildman–Crippen LogP) is 6.73. The van der Waals surface area contributed by atoms with E-state index in [4.69, 9.17) is 4.74 Å². The van der Waals surface area contributed by atoms with Crippen LogP contribution in [0.3, 0.4) is 0 Å². The summed E-state index contributed by atoms with van der Waals surface area (Å²) < 4.78 is 6.16. The SMILES string of the molecule is Cc1ccc(COc2cccc(C3C4=C(CC(C)(C)CC4=O)N(CCC(=O)O)C4=C3C(=O)CC(C)(C)C4)c2)cc1. The minimum absolute atomic E-state index is 0.0340. The summed E-state index contributed by atoms with van der Waals surface area (Å²) in [7, 11) is 0. The van der Waals surface area contributed by atoms with Crippen molar-refractivity contribution in [1.29, 1.82) is 0 Å². The van der Waals surface area contributed by atoms with Crippen LogP contribution < -0.4 is 4.74 Å². The van der Waals surface area contributed by atoms with Gasteiger partial charge in [-0.25, -0.2) is 0 Å². The van der Waals surface area contributed by atoms with Gasteiger partial charge in [0.2, 0.25) is 0 Å². The van der Waals surface area contributed by atoms with Crippen molar-refractivity contribution in [2.45, 2.75) is 79.2 Å². The van der Waals surface area contributed by atoms with Gasteiger partial charge in [-0.3, -0.25) is 14.4 Å². The molecule has 1 N–H and O–H groups in total. The number of carbonyl (C=O) groups excluding carboxylic acids is 2. The fourth-order valence-electron chi connectivity index (χ4n) is 6.49. The first-order valence-electron chi connectivity index (χ1n) is 14.1. The number of Topliss-reactive ketones (excluding diaryl/α,β-unsaturated/α-hetero) is 2. The standard InChI is InChI=1S/C34H39NO5/c1-21-9-11-22(12-10-21)20-40-24-8-6-7-23(15-24)30-31-25(16-33(2,3)18-27(31)36)35(14-13-29(38)39)26-17-34(4,5)19-28(37)32(26)30/h6-12,15,30H,13-14,16-20H2,1-5H3,(H,38,39). The van der Waals surface area contributed by atoms with Crippen LogP contribution in [-0.2, 0) is 21.0 Å². The van der Waals surface area contributed by atoms with Crippen molar-refractivity contribution in [3.8, 4) is 5.75 Å². The summed E-state index contributed by atoms with van der Waals surface area (Å²) in [5, 5.41) is 9.55. The number of carboxylic acids is 1. The van der Waals surface area contributed by atoms with Crippen LogP contribution >= 0.6 is 0 Å². The third kappa shape index (κ3) is 5.63. The highest BCUT2D eigenvalue weighted by Gasteiger charge is 2.49. The number of aryl methyl sites for hydroxylation is 1. The average Bonchev–Trinajstić information content (AvgIpc) is 2.85. The molecule has 0 unspecified atom stereocenters. The second kappa shape index (κ2) is 10.4. The van der Waals surface area contributed by atoms with Crippen LogP contribution in [0.2, 0.25) is 0 Å². The number of ketones is 2. The second-order valence-electron chi connectivity index (χ2n) is 13.2. The van der Waals surface area contributed by atoms with E-state index in [-0.39, 0.29) is 35.4 Å². The monoisotopic (exact) mass is 541 g/mol. The van der Waals surface area contributed by atoms with Gasteiger partial charge in [-0.05, 0) is 53.9 Å². The van der Waals surface area contributed by atoms with Gasteiger partial charge < -0.3 is 14.7 Å². The average molecular weight is 542 g/mol. The van der Waals surface area contributed by atoms with Crippen molar-refractivity contribution < 1.29 is 24.2 Å². The van der Waals surface area contributed by atoms with Gasteiger partial charge in [-0.15, -0.1) is 0 Å². The van der Waals surface area contributed by atoms with Gasteiger partial charge in [0.05, 0.1) is 6.42 Å². The van der Waals surface area contributed by atoms with Gasteiger partial charge in [0, 0.05) is 47.8 Å². The highest BCUT2D eigenvalue weighted by atomic mass is 16.5. The van der Waals surface area contributed by atoms with Crippen molar-refractivity contribution in [1.82, 2.24) is 4.90 Å². The van der Waals surface area contributed by atoms with Gasteiger partial charge in [0.15, 0.2) is 11.6 Å². The molecule has 2 aromatic rings. The highest BCUT2D eigenvalue weighted by Crippen LogP contribution is 2.54. The van der Waals surface area contributed by atoms with Gasteiger partial charge >= 0.3 is 5.97 Å². The van der Waals surface area contributed by atoms with E-state index in [1.165, 1.54) is 5.56 Å². The Hall–Kier alpha value is -3.67. The van der Waals surface area contributed by atoms with Crippen LogP contribution in [0, 0.1) is 17.8 Å². The molecule has 6 heteroatoms. The molecule has 0 radical (unpaired) electrons. The fourth-order valence-corrected chi connectivity index (χ4v) is 6.49. The van der Waals surface area contributed by atoms with E-state index in [1.807, 2.05) is 48.2 Å². The van der Waals surface area contributed by atoms with Crippen molar-refractivity contribution >= 4 is 17.5 Å². The van der Waals surface area contributed by atoms with Gasteiger partial charge in [0.25, 0.3) is 0 Å². The molecule has 5 rings (SSSR count). The smallest absolute Gasteiger partial charge is 0.305 e. The topological polar surface area (TPSA) is 83.9 Å².